The molecule has 10 heteroatoms. The Labute approximate surface area is 223 Å². The van der Waals surface area contributed by atoms with Gasteiger partial charge in [0.25, 0.3) is 11.8 Å². The molecular formula is C28H23ClN6O3. The Morgan fingerprint density at radius 1 is 1.05 bits per heavy atom. The Morgan fingerprint density at radius 2 is 1.87 bits per heavy atom. The van der Waals surface area contributed by atoms with Gasteiger partial charge in [-0.15, -0.1) is 0 Å². The Bertz CT molecular complexity index is 1510. The molecule has 2 aromatic carbocycles. The summed E-state index contributed by atoms with van der Waals surface area (Å²) in [5.41, 5.74) is 3.44. The van der Waals surface area contributed by atoms with Gasteiger partial charge in [0.2, 0.25) is 11.9 Å². The number of aromatic nitrogens is 3. The first kappa shape index (κ1) is 25.0. The van der Waals surface area contributed by atoms with Crippen LogP contribution in [0.15, 0.2) is 79.3 Å². The van der Waals surface area contributed by atoms with Gasteiger partial charge in [0.1, 0.15) is 6.04 Å². The van der Waals surface area contributed by atoms with Crippen LogP contribution in [-0.4, -0.2) is 43.6 Å². The number of aryl methyl sites for hydroxylation is 1. The lowest BCUT2D eigenvalue weighted by atomic mass is 10.0. The number of rotatable bonds is 6. The van der Waals surface area contributed by atoms with Crippen LogP contribution in [0.2, 0.25) is 5.02 Å². The molecule has 3 amide bonds. The third-order valence-electron chi connectivity index (χ3n) is 6.15. The molecule has 0 radical (unpaired) electrons. The van der Waals surface area contributed by atoms with Gasteiger partial charge in [0, 0.05) is 47.8 Å². The van der Waals surface area contributed by atoms with E-state index in [9.17, 15) is 14.4 Å². The number of nitrogens with zero attached hydrogens (tertiary/aromatic N) is 4. The molecule has 9 nitrogen and oxygen atoms in total. The minimum atomic E-state index is -0.792. The molecule has 5 rings (SSSR count). The maximum Gasteiger partial charge on any atom is 0.258 e. The third-order valence-corrected chi connectivity index (χ3v) is 6.39. The molecule has 0 aliphatic carbocycles. The Hall–Kier alpha value is -4.63. The molecule has 4 aromatic rings. The van der Waals surface area contributed by atoms with Gasteiger partial charge in [-0.05, 0) is 60.5 Å². The molecule has 1 aliphatic rings. The fourth-order valence-corrected chi connectivity index (χ4v) is 4.40. The fraction of sp³-hybridized carbons (Fsp3) is 0.143. The highest BCUT2D eigenvalue weighted by atomic mass is 35.5. The van der Waals surface area contributed by atoms with Gasteiger partial charge >= 0.3 is 0 Å². The minimum absolute atomic E-state index is 0.155. The molecule has 2 aromatic heterocycles. The van der Waals surface area contributed by atoms with Crippen molar-refractivity contribution in [3.05, 3.63) is 112 Å². The summed E-state index contributed by atoms with van der Waals surface area (Å²) in [4.78, 5) is 53.6. The van der Waals surface area contributed by atoms with Crippen LogP contribution >= 0.6 is 11.6 Å². The lowest BCUT2D eigenvalue weighted by molar-refractivity contribution is -0.120. The summed E-state index contributed by atoms with van der Waals surface area (Å²) < 4.78 is 0. The molecule has 0 bridgehead atoms. The average Bonchev–Trinajstić information content (AvgIpc) is 2.99. The quantitative estimate of drug-likeness (QED) is 0.387. The number of carbonyl (C=O) groups excluding carboxylic acids is 3. The molecule has 2 N–H and O–H groups in total. The number of hydrogen-bond acceptors (Lipinski definition) is 6. The molecule has 3 heterocycles. The zero-order chi connectivity index (χ0) is 26.6. The first-order valence-electron chi connectivity index (χ1n) is 11.9. The van der Waals surface area contributed by atoms with E-state index in [1.807, 2.05) is 13.0 Å². The fourth-order valence-electron chi connectivity index (χ4n) is 4.23. The first-order valence-corrected chi connectivity index (χ1v) is 12.3. The summed E-state index contributed by atoms with van der Waals surface area (Å²) in [5.74, 6) is -0.760. The van der Waals surface area contributed by atoms with Crippen LogP contribution in [0.1, 0.15) is 37.5 Å². The van der Waals surface area contributed by atoms with Crippen LogP contribution in [-0.2, 0) is 17.8 Å². The summed E-state index contributed by atoms with van der Waals surface area (Å²) in [6.07, 6.45) is 5.18. The number of halogens is 1. The predicted octanol–water partition coefficient (Wildman–Crippen LogP) is 4.29. The van der Waals surface area contributed by atoms with Crippen molar-refractivity contribution in [3.63, 3.8) is 0 Å². The van der Waals surface area contributed by atoms with Crippen molar-refractivity contribution >= 4 is 41.0 Å². The van der Waals surface area contributed by atoms with E-state index in [2.05, 4.69) is 25.6 Å². The van der Waals surface area contributed by atoms with Crippen molar-refractivity contribution in [1.82, 2.24) is 19.9 Å². The number of benzene rings is 2. The smallest absolute Gasteiger partial charge is 0.258 e. The zero-order valence-electron chi connectivity index (χ0n) is 20.4. The number of hydrogen-bond donors (Lipinski definition) is 2. The van der Waals surface area contributed by atoms with E-state index in [4.69, 9.17) is 11.6 Å². The number of amides is 3. The highest BCUT2D eigenvalue weighted by molar-refractivity contribution is 6.31. The zero-order valence-corrected chi connectivity index (χ0v) is 21.1. The normalized spacial score (nSPS) is 14.9. The lowest BCUT2D eigenvalue weighted by Gasteiger charge is -2.29. The van der Waals surface area contributed by atoms with E-state index in [0.717, 1.165) is 16.8 Å². The maximum atomic E-state index is 13.7. The van der Waals surface area contributed by atoms with Crippen molar-refractivity contribution in [3.8, 4) is 0 Å². The number of carbonyl (C=O) groups is 3. The second-order valence-electron chi connectivity index (χ2n) is 8.87. The molecule has 38 heavy (non-hydrogen) atoms. The number of nitrogens with one attached hydrogen (secondary N) is 2. The molecule has 1 atom stereocenters. The van der Waals surface area contributed by atoms with E-state index in [1.165, 1.54) is 4.90 Å². The van der Waals surface area contributed by atoms with Crippen molar-refractivity contribution in [1.29, 1.82) is 0 Å². The number of anilines is 2. The molecule has 0 fully saturated rings. The Balaban J connectivity index is 1.41. The Morgan fingerprint density at radius 3 is 2.61 bits per heavy atom. The van der Waals surface area contributed by atoms with Crippen LogP contribution < -0.4 is 10.6 Å². The summed E-state index contributed by atoms with van der Waals surface area (Å²) in [5, 5.41) is 5.95. The van der Waals surface area contributed by atoms with E-state index >= 15 is 0 Å². The van der Waals surface area contributed by atoms with Gasteiger partial charge in [-0.1, -0.05) is 29.8 Å². The molecule has 0 unspecified atom stereocenters. The van der Waals surface area contributed by atoms with Crippen molar-refractivity contribution in [2.24, 2.45) is 0 Å². The van der Waals surface area contributed by atoms with Crippen LogP contribution in [0, 0.1) is 6.92 Å². The van der Waals surface area contributed by atoms with E-state index in [0.29, 0.717) is 21.8 Å². The summed E-state index contributed by atoms with van der Waals surface area (Å²) in [6, 6.07) is 16.2. The Kier molecular flexibility index (Phi) is 7.10. The molecule has 1 aliphatic heterocycles. The molecule has 0 saturated heterocycles. The minimum Gasteiger partial charge on any atom is -0.323 e. The number of pyridine rings is 1. The highest BCUT2D eigenvalue weighted by Gasteiger charge is 2.35. The van der Waals surface area contributed by atoms with E-state index < -0.39 is 6.04 Å². The standard InChI is InChI=1S/C28H23ClN6O3/c1-17-10-12-31-28(32-17)34-25(36)20-6-4-18(5-7-20)16-35-24(13-19-3-2-11-30-15-19)26(37)33-23-14-21(29)8-9-22(23)27(35)38/h2-12,14-15,24H,13,16H2,1H3,(H,33,37)(H,31,32,34,36)/t24-/m1/s1. The van der Waals surface area contributed by atoms with Crippen LogP contribution in [0.5, 0.6) is 0 Å². The second kappa shape index (κ2) is 10.8. The van der Waals surface area contributed by atoms with Gasteiger partial charge in [-0.25, -0.2) is 9.97 Å². The van der Waals surface area contributed by atoms with E-state index in [1.54, 1.807) is 73.2 Å². The summed E-state index contributed by atoms with van der Waals surface area (Å²) in [7, 11) is 0. The van der Waals surface area contributed by atoms with Crippen LogP contribution in [0.4, 0.5) is 11.6 Å². The topological polar surface area (TPSA) is 117 Å². The largest absolute Gasteiger partial charge is 0.323 e. The summed E-state index contributed by atoms with van der Waals surface area (Å²) in [6.45, 7) is 1.97. The number of fused-ring (bicyclic) bond motifs is 1. The monoisotopic (exact) mass is 526 g/mol. The van der Waals surface area contributed by atoms with Gasteiger partial charge in [0.15, 0.2) is 0 Å². The maximum absolute atomic E-state index is 13.7. The molecule has 190 valence electrons. The van der Waals surface area contributed by atoms with Gasteiger partial charge in [0.05, 0.1) is 11.3 Å². The van der Waals surface area contributed by atoms with Crippen molar-refractivity contribution in [2.75, 3.05) is 10.6 Å². The summed E-state index contributed by atoms with van der Waals surface area (Å²) >= 11 is 6.13. The third kappa shape index (κ3) is 5.52. The van der Waals surface area contributed by atoms with E-state index in [-0.39, 0.29) is 36.6 Å². The highest BCUT2D eigenvalue weighted by Crippen LogP contribution is 2.29. The average molecular weight is 527 g/mol. The first-order chi connectivity index (χ1) is 18.4. The van der Waals surface area contributed by atoms with Crippen molar-refractivity contribution in [2.45, 2.75) is 25.9 Å². The SMILES string of the molecule is Cc1ccnc(NC(=O)c2ccc(CN3C(=O)c4ccc(Cl)cc4NC(=O)[C@H]3Cc3cccnc3)cc2)n1. The van der Waals surface area contributed by atoms with Crippen molar-refractivity contribution < 1.29 is 14.4 Å². The van der Waals surface area contributed by atoms with Gasteiger partial charge in [-0.3, -0.25) is 24.7 Å². The van der Waals surface area contributed by atoms with Crippen LogP contribution in [0.3, 0.4) is 0 Å². The lowest BCUT2D eigenvalue weighted by Crippen LogP contribution is -2.46. The van der Waals surface area contributed by atoms with Gasteiger partial charge < -0.3 is 10.2 Å². The molecule has 0 spiro atoms. The van der Waals surface area contributed by atoms with Crippen LogP contribution in [0.25, 0.3) is 0 Å². The molecule has 0 saturated carbocycles. The van der Waals surface area contributed by atoms with Gasteiger partial charge in [-0.2, -0.15) is 0 Å². The molecular weight excluding hydrogens is 504 g/mol. The predicted molar refractivity (Wildman–Crippen MR) is 143 cm³/mol. The second-order valence-corrected chi connectivity index (χ2v) is 9.30.